The van der Waals surface area contributed by atoms with Crippen molar-refractivity contribution in [2.24, 2.45) is 10.7 Å². The Hall–Kier alpha value is -2.93. The molecule has 0 bridgehead atoms. The van der Waals surface area contributed by atoms with Crippen LogP contribution in [0.4, 0.5) is 11.5 Å². The number of nitrogens with zero attached hydrogens (tertiary/aromatic N) is 4. The summed E-state index contributed by atoms with van der Waals surface area (Å²) in [6, 6.07) is 5.85. The van der Waals surface area contributed by atoms with Crippen molar-refractivity contribution >= 4 is 28.5 Å². The molecule has 1 aliphatic heterocycles. The number of allylic oxidation sites excluding steroid dienone is 3. The third kappa shape index (κ3) is 3.39. The molecule has 1 aliphatic carbocycles. The summed E-state index contributed by atoms with van der Waals surface area (Å²) >= 11 is 0. The third-order valence-corrected chi connectivity index (χ3v) is 4.66. The van der Waals surface area contributed by atoms with E-state index in [0.717, 1.165) is 30.1 Å². The number of carbonyl (C=O) groups excluding carboxylic acids is 1. The minimum absolute atomic E-state index is 0.120. The molecule has 7 nitrogen and oxygen atoms in total. The van der Waals surface area contributed by atoms with E-state index >= 15 is 0 Å². The van der Waals surface area contributed by atoms with Gasteiger partial charge in [-0.1, -0.05) is 6.07 Å². The topological polar surface area (TPSA) is 88.0 Å². The lowest BCUT2D eigenvalue weighted by Crippen LogP contribution is -2.26. The Labute approximate surface area is 151 Å². The Morgan fingerprint density at radius 3 is 2.88 bits per heavy atom. The van der Waals surface area contributed by atoms with Crippen LogP contribution in [0.5, 0.6) is 0 Å². The molecule has 0 atom stereocenters. The molecule has 1 fully saturated rings. The van der Waals surface area contributed by atoms with Crippen molar-refractivity contribution in [2.75, 3.05) is 31.5 Å². The van der Waals surface area contributed by atoms with Crippen LogP contribution >= 0.6 is 0 Å². The van der Waals surface area contributed by atoms with Crippen LogP contribution in [0, 0.1) is 0 Å². The standard InChI is InChI=1S/C19H22N6O/c20-15-13-14(26)6-7-16(15)22-18-17-5-1-2-11-25(17)23-19(18)21-8-12-24-9-3-4-10-24/h1-2,5-7,11,13H,3-4,8-10,12,20H2,(H,21,23). The third-order valence-electron chi connectivity index (χ3n) is 4.66. The van der Waals surface area contributed by atoms with Gasteiger partial charge in [0.05, 0.1) is 16.9 Å². The number of aromatic nitrogens is 2. The van der Waals surface area contributed by atoms with Crippen molar-refractivity contribution in [1.29, 1.82) is 0 Å². The van der Waals surface area contributed by atoms with E-state index in [9.17, 15) is 4.79 Å². The average Bonchev–Trinajstić information content (AvgIpc) is 3.26. The highest BCUT2D eigenvalue weighted by Crippen LogP contribution is 2.30. The number of hydrogen-bond acceptors (Lipinski definition) is 6. The molecule has 0 radical (unpaired) electrons. The van der Waals surface area contributed by atoms with Crippen LogP contribution in [0.1, 0.15) is 12.8 Å². The van der Waals surface area contributed by atoms with Crippen LogP contribution < -0.4 is 11.1 Å². The van der Waals surface area contributed by atoms with E-state index in [1.807, 2.05) is 24.4 Å². The number of nitrogens with one attached hydrogen (secondary N) is 1. The highest BCUT2D eigenvalue weighted by molar-refractivity contribution is 6.20. The molecule has 3 heterocycles. The Morgan fingerprint density at radius 2 is 2.08 bits per heavy atom. The monoisotopic (exact) mass is 350 g/mol. The van der Waals surface area contributed by atoms with Crippen molar-refractivity contribution in [3.8, 4) is 0 Å². The first-order chi connectivity index (χ1) is 12.7. The molecule has 26 heavy (non-hydrogen) atoms. The maximum Gasteiger partial charge on any atom is 0.180 e. The van der Waals surface area contributed by atoms with Crippen LogP contribution in [0.3, 0.4) is 0 Å². The average molecular weight is 350 g/mol. The van der Waals surface area contributed by atoms with Gasteiger partial charge < -0.3 is 16.0 Å². The normalized spacial score (nSPS) is 19.5. The number of carbonyl (C=O) groups is 1. The number of pyridine rings is 1. The maximum absolute atomic E-state index is 11.4. The molecular weight excluding hydrogens is 328 g/mol. The summed E-state index contributed by atoms with van der Waals surface area (Å²) in [7, 11) is 0. The molecule has 0 amide bonds. The maximum atomic E-state index is 11.4. The predicted octanol–water partition coefficient (Wildman–Crippen LogP) is 1.90. The summed E-state index contributed by atoms with van der Waals surface area (Å²) in [6.45, 7) is 4.13. The summed E-state index contributed by atoms with van der Waals surface area (Å²) < 4.78 is 1.80. The van der Waals surface area contributed by atoms with Gasteiger partial charge in [-0.3, -0.25) is 4.79 Å². The largest absolute Gasteiger partial charge is 0.397 e. The number of anilines is 1. The van der Waals surface area contributed by atoms with E-state index in [2.05, 4.69) is 15.3 Å². The SMILES string of the molecule is NC1=CC(=O)C=CC1=Nc1c(NCCN2CCCC2)nn2ccccc12. The van der Waals surface area contributed by atoms with E-state index in [4.69, 9.17) is 10.7 Å². The van der Waals surface area contributed by atoms with Gasteiger partial charge in [0.2, 0.25) is 0 Å². The smallest absolute Gasteiger partial charge is 0.180 e. The van der Waals surface area contributed by atoms with E-state index in [-0.39, 0.29) is 5.78 Å². The summed E-state index contributed by atoms with van der Waals surface area (Å²) in [6.07, 6.45) is 8.97. The first-order valence-electron chi connectivity index (χ1n) is 8.92. The van der Waals surface area contributed by atoms with Gasteiger partial charge in [-0.15, -0.1) is 5.10 Å². The molecule has 4 rings (SSSR count). The Kier molecular flexibility index (Phi) is 4.53. The molecule has 0 spiro atoms. The van der Waals surface area contributed by atoms with Gasteiger partial charge in [0, 0.05) is 25.4 Å². The molecule has 2 aromatic heterocycles. The van der Waals surface area contributed by atoms with Crippen molar-refractivity contribution in [3.05, 3.63) is 48.3 Å². The molecule has 134 valence electrons. The zero-order valence-corrected chi connectivity index (χ0v) is 14.6. The fourth-order valence-electron chi connectivity index (χ4n) is 3.31. The van der Waals surface area contributed by atoms with Gasteiger partial charge in [-0.25, -0.2) is 9.51 Å². The van der Waals surface area contributed by atoms with Gasteiger partial charge in [0.1, 0.15) is 5.69 Å². The number of ketones is 1. The summed E-state index contributed by atoms with van der Waals surface area (Å²) in [4.78, 5) is 18.6. The van der Waals surface area contributed by atoms with Gasteiger partial charge in [0.25, 0.3) is 0 Å². The number of nitrogens with two attached hydrogens (primary N) is 1. The summed E-state index contributed by atoms with van der Waals surface area (Å²) in [5, 5.41) is 8.02. The highest BCUT2D eigenvalue weighted by atomic mass is 16.1. The predicted molar refractivity (Wildman–Crippen MR) is 103 cm³/mol. The van der Waals surface area contributed by atoms with E-state index in [1.54, 1.807) is 10.6 Å². The lowest BCUT2D eigenvalue weighted by Gasteiger charge is -2.14. The quantitative estimate of drug-likeness (QED) is 0.804. The van der Waals surface area contributed by atoms with E-state index < -0.39 is 0 Å². The number of aliphatic imine (C=N–C) groups is 1. The van der Waals surface area contributed by atoms with Gasteiger partial charge in [0.15, 0.2) is 11.6 Å². The van der Waals surface area contributed by atoms with Crippen LogP contribution in [0.15, 0.2) is 53.3 Å². The number of fused-ring (bicyclic) bond motifs is 1. The van der Waals surface area contributed by atoms with Crippen molar-refractivity contribution in [1.82, 2.24) is 14.5 Å². The first-order valence-corrected chi connectivity index (χ1v) is 8.92. The fraction of sp³-hybridized carbons (Fsp3) is 0.316. The highest BCUT2D eigenvalue weighted by Gasteiger charge is 2.16. The van der Waals surface area contributed by atoms with Crippen molar-refractivity contribution < 1.29 is 4.79 Å². The molecule has 1 saturated heterocycles. The second kappa shape index (κ2) is 7.13. The van der Waals surface area contributed by atoms with Crippen LogP contribution in [0.25, 0.3) is 5.52 Å². The molecule has 7 heteroatoms. The van der Waals surface area contributed by atoms with Gasteiger partial charge in [-0.2, -0.15) is 0 Å². The Morgan fingerprint density at radius 1 is 1.23 bits per heavy atom. The van der Waals surface area contributed by atoms with Crippen LogP contribution in [-0.4, -0.2) is 52.2 Å². The minimum Gasteiger partial charge on any atom is -0.397 e. The fourth-order valence-corrected chi connectivity index (χ4v) is 3.31. The zero-order valence-electron chi connectivity index (χ0n) is 14.6. The zero-order chi connectivity index (χ0) is 17.9. The Balaban J connectivity index is 1.62. The molecule has 0 saturated carbocycles. The second-order valence-corrected chi connectivity index (χ2v) is 6.54. The number of rotatable bonds is 5. The molecule has 3 N–H and O–H groups in total. The summed E-state index contributed by atoms with van der Waals surface area (Å²) in [5.41, 5.74) is 8.54. The number of likely N-dealkylation sites (tertiary alicyclic amines) is 1. The summed E-state index contributed by atoms with van der Waals surface area (Å²) in [5.74, 6) is 0.603. The lowest BCUT2D eigenvalue weighted by atomic mass is 10.1. The van der Waals surface area contributed by atoms with Gasteiger partial charge >= 0.3 is 0 Å². The first kappa shape index (κ1) is 16.5. The Bertz CT molecular complexity index is 917. The van der Waals surface area contributed by atoms with Crippen LogP contribution in [0.2, 0.25) is 0 Å². The lowest BCUT2D eigenvalue weighted by molar-refractivity contribution is -0.110. The van der Waals surface area contributed by atoms with Crippen LogP contribution in [-0.2, 0) is 4.79 Å². The molecule has 2 aliphatic rings. The molecule has 0 unspecified atom stereocenters. The number of hydrogen-bond donors (Lipinski definition) is 2. The van der Waals surface area contributed by atoms with Gasteiger partial charge in [-0.05, 0) is 50.2 Å². The van der Waals surface area contributed by atoms with Crippen molar-refractivity contribution in [3.63, 3.8) is 0 Å². The minimum atomic E-state index is -0.120. The van der Waals surface area contributed by atoms with E-state index in [1.165, 1.54) is 38.1 Å². The molecule has 0 aromatic carbocycles. The molecular formula is C19H22N6O. The second-order valence-electron chi connectivity index (χ2n) is 6.54. The van der Waals surface area contributed by atoms with Crippen molar-refractivity contribution in [2.45, 2.75) is 12.8 Å². The van der Waals surface area contributed by atoms with E-state index in [0.29, 0.717) is 11.4 Å². The molecule has 2 aromatic rings.